The molecule has 3 nitrogen and oxygen atoms in total. The number of rotatable bonds is 4. The third-order valence-corrected chi connectivity index (χ3v) is 4.99. The van der Waals surface area contributed by atoms with Crippen LogP contribution in [0.3, 0.4) is 0 Å². The quantitative estimate of drug-likeness (QED) is 0.546. The van der Waals surface area contributed by atoms with Crippen LogP contribution in [0.1, 0.15) is 11.1 Å². The van der Waals surface area contributed by atoms with Gasteiger partial charge in [0.25, 0.3) is 5.91 Å². The predicted molar refractivity (Wildman–Crippen MR) is 101 cm³/mol. The first-order valence-electron chi connectivity index (χ1n) is 7.04. The van der Waals surface area contributed by atoms with Crippen molar-refractivity contribution in [2.45, 2.75) is 6.61 Å². The second-order valence-electron chi connectivity index (χ2n) is 5.02. The summed E-state index contributed by atoms with van der Waals surface area (Å²) in [6.07, 6.45) is 1.62. The van der Waals surface area contributed by atoms with E-state index in [1.54, 1.807) is 24.3 Å². The minimum atomic E-state index is -0.673. The highest BCUT2D eigenvalue weighted by molar-refractivity contribution is 9.10. The molecule has 3 rings (SSSR count). The fourth-order valence-electron chi connectivity index (χ4n) is 2.15. The van der Waals surface area contributed by atoms with E-state index < -0.39 is 11.6 Å². The number of nitrogens with one attached hydrogen (secondary N) is 1. The average molecular weight is 442 g/mol. The highest BCUT2D eigenvalue weighted by Gasteiger charge is 2.22. The van der Waals surface area contributed by atoms with Crippen molar-refractivity contribution in [1.29, 1.82) is 0 Å². The summed E-state index contributed by atoms with van der Waals surface area (Å²) < 4.78 is 34.2. The third kappa shape index (κ3) is 4.26. The second kappa shape index (κ2) is 7.63. The Labute approximate surface area is 160 Å². The van der Waals surface area contributed by atoms with Gasteiger partial charge in [0.15, 0.2) is 0 Å². The normalized spacial score (nSPS) is 15.6. The number of thiocarbonyl (C=S) groups is 1. The summed E-state index contributed by atoms with van der Waals surface area (Å²) in [6.45, 7) is -0.270. The Morgan fingerprint density at radius 1 is 1.24 bits per heavy atom. The molecule has 25 heavy (non-hydrogen) atoms. The molecule has 8 heteroatoms. The Kier molecular flexibility index (Phi) is 5.51. The molecular weight excluding hydrogens is 432 g/mol. The van der Waals surface area contributed by atoms with E-state index in [4.69, 9.17) is 17.0 Å². The van der Waals surface area contributed by atoms with E-state index in [0.717, 1.165) is 16.2 Å². The molecule has 0 spiro atoms. The number of carbonyl (C=O) groups excluding carboxylic acids is 1. The third-order valence-electron chi connectivity index (χ3n) is 3.33. The molecule has 1 saturated heterocycles. The molecule has 0 bridgehead atoms. The predicted octanol–water partition coefficient (Wildman–Crippen LogP) is 4.80. The lowest BCUT2D eigenvalue weighted by molar-refractivity contribution is -0.115. The van der Waals surface area contributed by atoms with Gasteiger partial charge in [0.2, 0.25) is 0 Å². The zero-order valence-electron chi connectivity index (χ0n) is 12.5. The van der Waals surface area contributed by atoms with Crippen LogP contribution < -0.4 is 10.1 Å². The molecule has 0 aromatic heterocycles. The molecule has 1 aliphatic heterocycles. The van der Waals surface area contributed by atoms with Gasteiger partial charge in [0.05, 0.1) is 10.5 Å². The molecule has 2 aromatic carbocycles. The average Bonchev–Trinajstić information content (AvgIpc) is 2.86. The molecule has 1 aliphatic rings. The minimum absolute atomic E-state index is 0.154. The van der Waals surface area contributed by atoms with Crippen molar-refractivity contribution in [2.75, 3.05) is 0 Å². The largest absolute Gasteiger partial charge is 0.488 e. The zero-order valence-corrected chi connectivity index (χ0v) is 15.7. The lowest BCUT2D eigenvalue weighted by atomic mass is 10.1. The first kappa shape index (κ1) is 18.0. The van der Waals surface area contributed by atoms with Crippen LogP contribution in [-0.4, -0.2) is 10.2 Å². The van der Waals surface area contributed by atoms with E-state index in [-0.39, 0.29) is 18.1 Å². The lowest BCUT2D eigenvalue weighted by Gasteiger charge is -2.11. The van der Waals surface area contributed by atoms with Crippen LogP contribution >= 0.6 is 39.9 Å². The number of benzene rings is 2. The number of amides is 1. The Hall–Kier alpha value is -1.77. The van der Waals surface area contributed by atoms with Crippen LogP contribution in [0.25, 0.3) is 6.08 Å². The minimum Gasteiger partial charge on any atom is -0.488 e. The molecule has 0 radical (unpaired) electrons. The maximum atomic E-state index is 13.7. The summed E-state index contributed by atoms with van der Waals surface area (Å²) >= 11 is 9.46. The first-order chi connectivity index (χ1) is 11.9. The van der Waals surface area contributed by atoms with Crippen molar-refractivity contribution in [3.63, 3.8) is 0 Å². The molecule has 0 atom stereocenters. The van der Waals surface area contributed by atoms with E-state index >= 15 is 0 Å². The van der Waals surface area contributed by atoms with Gasteiger partial charge in [-0.1, -0.05) is 46.0 Å². The van der Waals surface area contributed by atoms with Crippen molar-refractivity contribution in [2.24, 2.45) is 0 Å². The van der Waals surface area contributed by atoms with E-state index in [2.05, 4.69) is 21.2 Å². The number of ether oxygens (including phenoxy) is 1. The smallest absolute Gasteiger partial charge is 0.263 e. The molecule has 0 saturated carbocycles. The van der Waals surface area contributed by atoms with Crippen molar-refractivity contribution < 1.29 is 18.3 Å². The molecule has 1 heterocycles. The van der Waals surface area contributed by atoms with Gasteiger partial charge >= 0.3 is 0 Å². The zero-order chi connectivity index (χ0) is 18.0. The standard InChI is InChI=1S/C17H10BrF2NO2S2/c18-10-4-5-14(23-8-11-12(19)2-1-3-13(11)20)9(6-10)7-15-16(22)21-17(24)25-15/h1-7H,8H2,(H,21,22,24)/b15-7-. The highest BCUT2D eigenvalue weighted by Crippen LogP contribution is 2.31. The maximum absolute atomic E-state index is 13.7. The maximum Gasteiger partial charge on any atom is 0.263 e. The number of thioether (sulfide) groups is 1. The summed E-state index contributed by atoms with van der Waals surface area (Å²) in [4.78, 5) is 12.2. The summed E-state index contributed by atoms with van der Waals surface area (Å²) in [7, 11) is 0. The fraction of sp³-hybridized carbons (Fsp3) is 0.0588. The van der Waals surface area contributed by atoms with Gasteiger partial charge in [-0.2, -0.15) is 0 Å². The number of hydrogen-bond acceptors (Lipinski definition) is 4. The number of halogens is 3. The molecule has 0 unspecified atom stereocenters. The topological polar surface area (TPSA) is 38.3 Å². The Morgan fingerprint density at radius 2 is 1.96 bits per heavy atom. The van der Waals surface area contributed by atoms with Crippen molar-refractivity contribution >= 4 is 56.2 Å². The van der Waals surface area contributed by atoms with E-state index in [9.17, 15) is 13.6 Å². The van der Waals surface area contributed by atoms with Gasteiger partial charge in [-0.05, 0) is 36.4 Å². The SMILES string of the molecule is O=C1NC(=S)S/C1=C\c1cc(Br)ccc1OCc1c(F)cccc1F. The van der Waals surface area contributed by atoms with Gasteiger partial charge in [-0.15, -0.1) is 0 Å². The van der Waals surface area contributed by atoms with Crippen molar-refractivity contribution in [3.05, 3.63) is 68.5 Å². The molecule has 128 valence electrons. The summed E-state index contributed by atoms with van der Waals surface area (Å²) in [5.41, 5.74) is 0.437. The first-order valence-corrected chi connectivity index (χ1v) is 9.06. The monoisotopic (exact) mass is 441 g/mol. The Morgan fingerprint density at radius 3 is 2.60 bits per heavy atom. The van der Waals surface area contributed by atoms with Crippen LogP contribution in [0.15, 0.2) is 45.8 Å². The van der Waals surface area contributed by atoms with E-state index in [1.165, 1.54) is 18.2 Å². The van der Waals surface area contributed by atoms with Crippen molar-refractivity contribution in [3.8, 4) is 5.75 Å². The molecule has 0 aliphatic carbocycles. The van der Waals surface area contributed by atoms with Gasteiger partial charge < -0.3 is 10.1 Å². The van der Waals surface area contributed by atoms with Crippen LogP contribution in [0.4, 0.5) is 8.78 Å². The Balaban J connectivity index is 1.88. The van der Waals surface area contributed by atoms with Gasteiger partial charge in [0.1, 0.15) is 28.3 Å². The summed E-state index contributed by atoms with van der Waals surface area (Å²) in [5.74, 6) is -1.24. The summed E-state index contributed by atoms with van der Waals surface area (Å²) in [6, 6.07) is 8.78. The van der Waals surface area contributed by atoms with E-state index in [0.29, 0.717) is 20.5 Å². The number of hydrogen-bond donors (Lipinski definition) is 1. The highest BCUT2D eigenvalue weighted by atomic mass is 79.9. The Bertz CT molecular complexity index is 882. The molecule has 1 N–H and O–H groups in total. The molecular formula is C17H10BrF2NO2S2. The van der Waals surface area contributed by atoms with Crippen LogP contribution in [0, 0.1) is 11.6 Å². The lowest BCUT2D eigenvalue weighted by Crippen LogP contribution is -2.17. The van der Waals surface area contributed by atoms with Gasteiger partial charge in [-0.25, -0.2) is 8.78 Å². The van der Waals surface area contributed by atoms with Gasteiger partial charge in [-0.3, -0.25) is 4.79 Å². The summed E-state index contributed by atoms with van der Waals surface area (Å²) in [5, 5.41) is 2.53. The van der Waals surface area contributed by atoms with Crippen LogP contribution in [0.5, 0.6) is 5.75 Å². The van der Waals surface area contributed by atoms with Gasteiger partial charge in [0, 0.05) is 10.0 Å². The van der Waals surface area contributed by atoms with Crippen LogP contribution in [-0.2, 0) is 11.4 Å². The molecule has 1 amide bonds. The number of carbonyl (C=O) groups is 1. The van der Waals surface area contributed by atoms with Crippen molar-refractivity contribution in [1.82, 2.24) is 5.32 Å². The second-order valence-corrected chi connectivity index (χ2v) is 7.66. The fourth-order valence-corrected chi connectivity index (χ4v) is 3.56. The van der Waals surface area contributed by atoms with E-state index in [1.807, 2.05) is 0 Å². The van der Waals surface area contributed by atoms with Crippen LogP contribution in [0.2, 0.25) is 0 Å². The molecule has 1 fully saturated rings. The molecule has 2 aromatic rings.